The van der Waals surface area contributed by atoms with Crippen LogP contribution in [-0.2, 0) is 20.9 Å². The first-order chi connectivity index (χ1) is 17.0. The Morgan fingerprint density at radius 3 is 2.57 bits per heavy atom. The maximum Gasteiger partial charge on any atom is 0.255 e. The van der Waals surface area contributed by atoms with Gasteiger partial charge in [-0.2, -0.15) is 0 Å². The van der Waals surface area contributed by atoms with Crippen LogP contribution in [0.5, 0.6) is 5.75 Å². The maximum atomic E-state index is 13.0. The molecule has 1 aromatic rings. The van der Waals surface area contributed by atoms with Crippen LogP contribution >= 0.6 is 0 Å². The smallest absolute Gasteiger partial charge is 0.255 e. The first-order valence-electron chi connectivity index (χ1n) is 13.3. The summed E-state index contributed by atoms with van der Waals surface area (Å²) in [6.07, 6.45) is 9.45. The summed E-state index contributed by atoms with van der Waals surface area (Å²) >= 11 is 0. The number of nitrogens with zero attached hydrogens (tertiary/aromatic N) is 2. The fourth-order valence-electron chi connectivity index (χ4n) is 6.19. The number of amides is 3. The molecule has 0 spiro atoms. The molecule has 35 heavy (non-hydrogen) atoms. The number of hydrogen-bond donors (Lipinski definition) is 1. The number of carbonyl (C=O) groups excluding carboxylic acids is 3. The Kier molecular flexibility index (Phi) is 6.26. The second-order valence-corrected chi connectivity index (χ2v) is 10.9. The Balaban J connectivity index is 1.06. The number of benzene rings is 1. The minimum Gasteiger partial charge on any atom is -0.489 e. The van der Waals surface area contributed by atoms with Gasteiger partial charge in [-0.1, -0.05) is 0 Å². The van der Waals surface area contributed by atoms with Crippen molar-refractivity contribution in [2.75, 3.05) is 19.7 Å². The summed E-state index contributed by atoms with van der Waals surface area (Å²) in [6, 6.07) is 5.51. The lowest BCUT2D eigenvalue weighted by molar-refractivity contribution is -0.136. The number of ether oxygens (including phenoxy) is 2. The molecule has 8 nitrogen and oxygen atoms in total. The maximum absolute atomic E-state index is 13.0. The van der Waals surface area contributed by atoms with Gasteiger partial charge in [0.2, 0.25) is 11.8 Å². The third-order valence-electron chi connectivity index (χ3n) is 8.41. The molecule has 1 N–H and O–H groups in total. The van der Waals surface area contributed by atoms with Crippen LogP contribution in [0.3, 0.4) is 0 Å². The van der Waals surface area contributed by atoms with Crippen LogP contribution in [-0.4, -0.2) is 71.5 Å². The Labute approximate surface area is 206 Å². The fourth-order valence-corrected chi connectivity index (χ4v) is 6.19. The average Bonchev–Trinajstić information content (AvgIpc) is 3.49. The minimum atomic E-state index is -0.590. The SMILES string of the molecule is O=C1CCC(N2Cc3cc(OC4CCCC4N4CCC(OCC5CC5)CC4)ccc3C2=O)C(=O)N1. The van der Waals surface area contributed by atoms with Gasteiger partial charge in [-0.05, 0) is 81.0 Å². The van der Waals surface area contributed by atoms with Gasteiger partial charge in [0, 0.05) is 44.3 Å². The third-order valence-corrected chi connectivity index (χ3v) is 8.41. The Hall–Kier alpha value is -2.45. The minimum absolute atomic E-state index is 0.147. The van der Waals surface area contributed by atoms with E-state index in [1.165, 1.54) is 19.3 Å². The predicted octanol–water partition coefficient (Wildman–Crippen LogP) is 2.64. The molecule has 2 saturated heterocycles. The highest BCUT2D eigenvalue weighted by Gasteiger charge is 2.40. The van der Waals surface area contributed by atoms with Crippen molar-refractivity contribution in [2.24, 2.45) is 5.92 Å². The lowest BCUT2D eigenvalue weighted by Gasteiger charge is -2.38. The molecule has 3 heterocycles. The van der Waals surface area contributed by atoms with E-state index in [2.05, 4.69) is 10.2 Å². The number of imide groups is 1. The highest BCUT2D eigenvalue weighted by Crippen LogP contribution is 2.35. The van der Waals surface area contributed by atoms with Crippen molar-refractivity contribution in [2.45, 2.75) is 88.6 Å². The number of hydrogen-bond acceptors (Lipinski definition) is 6. The molecule has 1 aromatic carbocycles. The van der Waals surface area contributed by atoms with Crippen LogP contribution in [0.4, 0.5) is 0 Å². The van der Waals surface area contributed by atoms with Crippen molar-refractivity contribution in [3.63, 3.8) is 0 Å². The van der Waals surface area contributed by atoms with E-state index in [9.17, 15) is 14.4 Å². The van der Waals surface area contributed by atoms with Gasteiger partial charge < -0.3 is 14.4 Å². The van der Waals surface area contributed by atoms with Crippen molar-refractivity contribution in [1.82, 2.24) is 15.1 Å². The highest BCUT2D eigenvalue weighted by atomic mass is 16.5. The molecule has 2 saturated carbocycles. The van der Waals surface area contributed by atoms with Crippen molar-refractivity contribution in [1.29, 1.82) is 0 Å². The molecular weight excluding hydrogens is 446 g/mol. The van der Waals surface area contributed by atoms with Crippen LogP contribution in [0.15, 0.2) is 18.2 Å². The first-order valence-corrected chi connectivity index (χ1v) is 13.3. The zero-order chi connectivity index (χ0) is 23.9. The number of rotatable bonds is 7. The predicted molar refractivity (Wildman–Crippen MR) is 128 cm³/mol. The summed E-state index contributed by atoms with van der Waals surface area (Å²) in [5, 5.41) is 2.36. The van der Waals surface area contributed by atoms with Gasteiger partial charge in [-0.25, -0.2) is 0 Å². The summed E-state index contributed by atoms with van der Waals surface area (Å²) in [4.78, 5) is 40.9. The van der Waals surface area contributed by atoms with Crippen LogP contribution in [0, 0.1) is 5.92 Å². The van der Waals surface area contributed by atoms with E-state index >= 15 is 0 Å². The summed E-state index contributed by atoms with van der Waals surface area (Å²) < 4.78 is 12.6. The zero-order valence-corrected chi connectivity index (χ0v) is 20.2. The van der Waals surface area contributed by atoms with E-state index in [1.807, 2.05) is 18.2 Å². The molecule has 3 aliphatic heterocycles. The van der Waals surface area contributed by atoms with Gasteiger partial charge in [-0.15, -0.1) is 0 Å². The van der Waals surface area contributed by atoms with Gasteiger partial charge in [0.05, 0.1) is 6.10 Å². The van der Waals surface area contributed by atoms with E-state index in [1.54, 1.807) is 4.90 Å². The molecule has 5 aliphatic rings. The molecule has 0 aromatic heterocycles. The topological polar surface area (TPSA) is 88.2 Å². The highest BCUT2D eigenvalue weighted by molar-refractivity contribution is 6.05. The Morgan fingerprint density at radius 2 is 1.80 bits per heavy atom. The molecular formula is C27H35N3O5. The lowest BCUT2D eigenvalue weighted by atomic mass is 10.0. The van der Waals surface area contributed by atoms with Crippen molar-refractivity contribution in [3.8, 4) is 5.75 Å². The molecule has 3 unspecified atom stereocenters. The number of carbonyl (C=O) groups is 3. The molecule has 3 amide bonds. The quantitative estimate of drug-likeness (QED) is 0.603. The summed E-state index contributed by atoms with van der Waals surface area (Å²) in [5.74, 6) is 0.814. The molecule has 3 atom stereocenters. The number of likely N-dealkylation sites (tertiary alicyclic amines) is 1. The monoisotopic (exact) mass is 481 g/mol. The van der Waals surface area contributed by atoms with Gasteiger partial charge >= 0.3 is 0 Å². The fraction of sp³-hybridized carbons (Fsp3) is 0.667. The van der Waals surface area contributed by atoms with Crippen molar-refractivity contribution in [3.05, 3.63) is 29.3 Å². The molecule has 2 aliphatic carbocycles. The molecule has 0 radical (unpaired) electrons. The van der Waals surface area contributed by atoms with Gasteiger partial charge in [0.15, 0.2) is 0 Å². The summed E-state index contributed by atoms with van der Waals surface area (Å²) in [7, 11) is 0. The van der Waals surface area contributed by atoms with E-state index in [4.69, 9.17) is 9.47 Å². The Bertz CT molecular complexity index is 1000. The first kappa shape index (κ1) is 23.0. The van der Waals surface area contributed by atoms with Crippen molar-refractivity contribution >= 4 is 17.7 Å². The van der Waals surface area contributed by atoms with E-state index in [0.717, 1.165) is 62.6 Å². The van der Waals surface area contributed by atoms with Crippen LogP contribution in [0.2, 0.25) is 0 Å². The average molecular weight is 482 g/mol. The van der Waals surface area contributed by atoms with Gasteiger partial charge in [-0.3, -0.25) is 24.6 Å². The molecule has 6 rings (SSSR count). The van der Waals surface area contributed by atoms with E-state index < -0.39 is 6.04 Å². The van der Waals surface area contributed by atoms with Crippen LogP contribution < -0.4 is 10.1 Å². The van der Waals surface area contributed by atoms with Gasteiger partial charge in [0.25, 0.3) is 5.91 Å². The normalized spacial score (nSPS) is 30.0. The number of fused-ring (bicyclic) bond motifs is 1. The van der Waals surface area contributed by atoms with Gasteiger partial charge in [0.1, 0.15) is 17.9 Å². The molecule has 188 valence electrons. The van der Waals surface area contributed by atoms with E-state index in [-0.39, 0.29) is 30.2 Å². The lowest BCUT2D eigenvalue weighted by Crippen LogP contribution is -2.52. The molecule has 0 bridgehead atoms. The van der Waals surface area contributed by atoms with E-state index in [0.29, 0.717) is 30.7 Å². The summed E-state index contributed by atoms with van der Waals surface area (Å²) in [5.41, 5.74) is 1.51. The largest absolute Gasteiger partial charge is 0.489 e. The van der Waals surface area contributed by atoms with Crippen LogP contribution in [0.1, 0.15) is 73.7 Å². The molecule has 4 fully saturated rings. The standard InChI is InChI=1S/C27H35N3O5/c31-25-9-8-23(26(32)28-25)30-15-18-14-20(6-7-21(18)27(30)33)35-24-3-1-2-22(24)29-12-10-19(11-13-29)34-16-17-4-5-17/h6-7,14,17,19,22-24H,1-5,8-13,15-16H2,(H,28,31,32). The molecule has 8 heteroatoms. The second kappa shape index (κ2) is 9.54. The van der Waals surface area contributed by atoms with Crippen molar-refractivity contribution < 1.29 is 23.9 Å². The zero-order valence-electron chi connectivity index (χ0n) is 20.2. The second-order valence-electron chi connectivity index (χ2n) is 10.9. The van der Waals surface area contributed by atoms with Crippen LogP contribution in [0.25, 0.3) is 0 Å². The number of piperidine rings is 2. The number of nitrogens with one attached hydrogen (secondary N) is 1. The Morgan fingerprint density at radius 1 is 0.971 bits per heavy atom. The summed E-state index contributed by atoms with van der Waals surface area (Å²) in [6.45, 7) is 3.46. The third kappa shape index (κ3) is 4.83.